The molecule has 194 valence electrons. The number of nitrogens with zero attached hydrogens (tertiary/aromatic N) is 2. The molecular formula is C26H29F3N2O5. The summed E-state index contributed by atoms with van der Waals surface area (Å²) < 4.78 is 55.9. The number of benzene rings is 2. The summed E-state index contributed by atoms with van der Waals surface area (Å²) in [6.45, 7) is 5.56. The van der Waals surface area contributed by atoms with E-state index in [0.717, 1.165) is 63.8 Å². The van der Waals surface area contributed by atoms with Crippen LogP contribution in [0.1, 0.15) is 18.4 Å². The summed E-state index contributed by atoms with van der Waals surface area (Å²) in [7, 11) is 3.50. The van der Waals surface area contributed by atoms with Crippen LogP contribution >= 0.6 is 0 Å². The zero-order valence-corrected chi connectivity index (χ0v) is 20.2. The summed E-state index contributed by atoms with van der Waals surface area (Å²) >= 11 is 0. The van der Waals surface area contributed by atoms with E-state index in [1.165, 1.54) is 25.3 Å². The number of halogens is 3. The molecule has 0 atom stereocenters. The van der Waals surface area contributed by atoms with Crippen molar-refractivity contribution in [1.29, 1.82) is 0 Å². The monoisotopic (exact) mass is 506 g/mol. The van der Waals surface area contributed by atoms with Gasteiger partial charge < -0.3 is 28.8 Å². The van der Waals surface area contributed by atoms with Crippen molar-refractivity contribution in [1.82, 2.24) is 9.80 Å². The number of rotatable bonds is 8. The number of piperazine rings is 1. The van der Waals surface area contributed by atoms with Gasteiger partial charge in [0.05, 0.1) is 19.3 Å². The molecule has 0 radical (unpaired) electrons. The molecule has 0 aliphatic carbocycles. The number of aromatic hydroxyl groups is 1. The van der Waals surface area contributed by atoms with Gasteiger partial charge in [0, 0.05) is 43.9 Å². The van der Waals surface area contributed by atoms with E-state index in [9.17, 15) is 23.1 Å². The Morgan fingerprint density at radius 3 is 2.39 bits per heavy atom. The molecule has 1 aromatic heterocycles. The van der Waals surface area contributed by atoms with E-state index in [1.54, 1.807) is 0 Å². The number of likely N-dealkylation sites (N-methyl/N-ethyl adjacent to an activating group) is 1. The van der Waals surface area contributed by atoms with Gasteiger partial charge in [-0.1, -0.05) is 12.1 Å². The lowest BCUT2D eigenvalue weighted by Crippen LogP contribution is -2.44. The van der Waals surface area contributed by atoms with Crippen molar-refractivity contribution in [3.05, 3.63) is 52.2 Å². The van der Waals surface area contributed by atoms with Crippen LogP contribution in [0.3, 0.4) is 0 Å². The molecule has 1 fully saturated rings. The van der Waals surface area contributed by atoms with E-state index in [0.29, 0.717) is 6.61 Å². The van der Waals surface area contributed by atoms with Crippen molar-refractivity contribution >= 4 is 11.0 Å². The Balaban J connectivity index is 1.52. The van der Waals surface area contributed by atoms with Crippen LogP contribution in [0.25, 0.3) is 22.3 Å². The number of hydrogen-bond acceptors (Lipinski definition) is 7. The molecule has 2 aromatic carbocycles. The largest absolute Gasteiger partial charge is 0.507 e. The van der Waals surface area contributed by atoms with E-state index in [2.05, 4.69) is 16.8 Å². The van der Waals surface area contributed by atoms with E-state index in [4.69, 9.17) is 13.9 Å². The number of alkyl halides is 3. The Kier molecular flexibility index (Phi) is 7.75. The van der Waals surface area contributed by atoms with Crippen molar-refractivity contribution in [3.63, 3.8) is 0 Å². The van der Waals surface area contributed by atoms with Crippen LogP contribution in [0.2, 0.25) is 0 Å². The molecule has 2 heterocycles. The Morgan fingerprint density at radius 2 is 1.75 bits per heavy atom. The van der Waals surface area contributed by atoms with Crippen LogP contribution in [0.15, 0.2) is 45.6 Å². The zero-order chi connectivity index (χ0) is 25.9. The summed E-state index contributed by atoms with van der Waals surface area (Å²) in [4.78, 5) is 17.5. The van der Waals surface area contributed by atoms with E-state index >= 15 is 0 Å². The second-order valence-electron chi connectivity index (χ2n) is 8.88. The first kappa shape index (κ1) is 25.8. The quantitative estimate of drug-likeness (QED) is 0.448. The number of phenolic OH excluding ortho intramolecular Hbond substituents is 1. The third-order valence-corrected chi connectivity index (χ3v) is 6.32. The van der Waals surface area contributed by atoms with Crippen molar-refractivity contribution in [2.45, 2.75) is 19.0 Å². The predicted octanol–water partition coefficient (Wildman–Crippen LogP) is 4.60. The van der Waals surface area contributed by atoms with Crippen LogP contribution in [0, 0.1) is 0 Å². The molecule has 7 nitrogen and oxygen atoms in total. The maximum atomic E-state index is 12.9. The highest BCUT2D eigenvalue weighted by Crippen LogP contribution is 2.41. The van der Waals surface area contributed by atoms with Gasteiger partial charge in [-0.2, -0.15) is 13.2 Å². The minimum Gasteiger partial charge on any atom is -0.507 e. The van der Waals surface area contributed by atoms with Crippen molar-refractivity contribution in [2.75, 3.05) is 53.5 Å². The standard InChI is InChI=1S/C26H29F3N2O5/c1-30-10-12-31(13-11-30)9-3-4-14-35-22-16-20(33)23-19(32)15-21(36-25(23)24(22)34-2)17-5-7-18(8-6-17)26(27,28)29/h5-8,15-16,33H,3-4,9-14H2,1-2H3. The molecule has 0 spiro atoms. The summed E-state index contributed by atoms with van der Waals surface area (Å²) in [6, 6.07) is 6.71. The molecule has 36 heavy (non-hydrogen) atoms. The Morgan fingerprint density at radius 1 is 1.06 bits per heavy atom. The van der Waals surface area contributed by atoms with Gasteiger partial charge in [0.15, 0.2) is 16.8 Å². The van der Waals surface area contributed by atoms with Gasteiger partial charge in [0.2, 0.25) is 5.75 Å². The summed E-state index contributed by atoms with van der Waals surface area (Å²) in [5.74, 6) is 0.0664. The molecule has 0 unspecified atom stereocenters. The normalized spacial score (nSPS) is 15.4. The average molecular weight is 507 g/mol. The van der Waals surface area contributed by atoms with Gasteiger partial charge in [0.1, 0.15) is 16.9 Å². The van der Waals surface area contributed by atoms with Gasteiger partial charge >= 0.3 is 6.18 Å². The fourth-order valence-electron chi connectivity index (χ4n) is 4.23. The molecule has 10 heteroatoms. The lowest BCUT2D eigenvalue weighted by Gasteiger charge is -2.32. The molecule has 0 amide bonds. The van der Waals surface area contributed by atoms with E-state index < -0.39 is 17.2 Å². The average Bonchev–Trinajstić information content (AvgIpc) is 2.84. The smallest absolute Gasteiger partial charge is 0.416 e. The second kappa shape index (κ2) is 10.8. The minimum absolute atomic E-state index is 0.0349. The molecule has 0 bridgehead atoms. The van der Waals surface area contributed by atoms with Crippen LogP contribution < -0.4 is 14.9 Å². The van der Waals surface area contributed by atoms with E-state index in [-0.39, 0.29) is 39.5 Å². The molecule has 1 N–H and O–H groups in total. The van der Waals surface area contributed by atoms with Gasteiger partial charge in [0.25, 0.3) is 0 Å². The van der Waals surface area contributed by atoms with Gasteiger partial charge in [-0.05, 0) is 38.6 Å². The molecule has 0 saturated carbocycles. The highest BCUT2D eigenvalue weighted by molar-refractivity contribution is 5.91. The van der Waals surface area contributed by atoms with Crippen LogP contribution in [-0.2, 0) is 6.18 Å². The molecule has 1 aliphatic rings. The van der Waals surface area contributed by atoms with Crippen molar-refractivity contribution in [3.8, 4) is 28.6 Å². The number of phenols is 1. The first-order chi connectivity index (χ1) is 17.2. The number of unbranched alkanes of at least 4 members (excludes halogenated alkanes) is 1. The Bertz CT molecular complexity index is 1250. The predicted molar refractivity (Wildman–Crippen MR) is 130 cm³/mol. The first-order valence-electron chi connectivity index (χ1n) is 11.8. The fourth-order valence-corrected chi connectivity index (χ4v) is 4.23. The molecule has 1 aliphatic heterocycles. The summed E-state index contributed by atoms with van der Waals surface area (Å²) in [6.07, 6.45) is -2.75. The highest BCUT2D eigenvalue weighted by Gasteiger charge is 2.30. The van der Waals surface area contributed by atoms with Crippen LogP contribution in [0.5, 0.6) is 17.2 Å². The zero-order valence-electron chi connectivity index (χ0n) is 20.2. The van der Waals surface area contributed by atoms with Crippen LogP contribution in [0.4, 0.5) is 13.2 Å². The lowest BCUT2D eigenvalue weighted by molar-refractivity contribution is -0.137. The third kappa shape index (κ3) is 5.76. The first-order valence-corrected chi connectivity index (χ1v) is 11.8. The number of hydrogen-bond donors (Lipinski definition) is 1. The molecule has 4 rings (SSSR count). The third-order valence-electron chi connectivity index (χ3n) is 6.32. The van der Waals surface area contributed by atoms with Crippen LogP contribution in [-0.4, -0.2) is 68.4 Å². The topological polar surface area (TPSA) is 75.4 Å². The molecule has 3 aromatic rings. The summed E-state index contributed by atoms with van der Waals surface area (Å²) in [5.41, 5.74) is -1.13. The van der Waals surface area contributed by atoms with Crippen molar-refractivity contribution in [2.24, 2.45) is 0 Å². The van der Waals surface area contributed by atoms with Crippen molar-refractivity contribution < 1.29 is 32.2 Å². The highest BCUT2D eigenvalue weighted by atomic mass is 19.4. The second-order valence-corrected chi connectivity index (χ2v) is 8.88. The number of ether oxygens (including phenoxy) is 2. The minimum atomic E-state index is -4.48. The maximum absolute atomic E-state index is 12.9. The molecule has 1 saturated heterocycles. The van der Waals surface area contributed by atoms with Gasteiger partial charge in [-0.15, -0.1) is 0 Å². The lowest BCUT2D eigenvalue weighted by atomic mass is 10.1. The van der Waals surface area contributed by atoms with Gasteiger partial charge in [-0.25, -0.2) is 0 Å². The van der Waals surface area contributed by atoms with E-state index in [1.807, 2.05) is 0 Å². The fraction of sp³-hybridized carbons (Fsp3) is 0.423. The summed E-state index contributed by atoms with van der Waals surface area (Å²) in [5, 5.41) is 10.4. The number of fused-ring (bicyclic) bond motifs is 1. The maximum Gasteiger partial charge on any atom is 0.416 e. The number of methoxy groups -OCH3 is 1. The van der Waals surface area contributed by atoms with Gasteiger partial charge in [-0.3, -0.25) is 4.79 Å². The Hall–Kier alpha value is -3.24. The molecular weight excluding hydrogens is 477 g/mol. The Labute approximate surface area is 206 Å². The SMILES string of the molecule is COc1c(OCCCCN2CCN(C)CC2)cc(O)c2c(=O)cc(-c3ccc(C(F)(F)F)cc3)oc12.